The molecule has 0 bridgehead atoms. The van der Waals surface area contributed by atoms with E-state index in [2.05, 4.69) is 38.8 Å². The monoisotopic (exact) mass is 307 g/mol. The third-order valence-electron chi connectivity index (χ3n) is 4.59. The third kappa shape index (κ3) is 3.74. The molecular formula is C17H26FNOSi. The lowest BCUT2D eigenvalue weighted by molar-refractivity contribution is 0.282. The summed E-state index contributed by atoms with van der Waals surface area (Å²) in [5.74, 6) is -0.180. The first kappa shape index (κ1) is 16.2. The van der Waals surface area contributed by atoms with Crippen LogP contribution in [0.5, 0.6) is 0 Å². The number of fused-ring (bicyclic) bond motifs is 1. The van der Waals surface area contributed by atoms with Gasteiger partial charge in [0.25, 0.3) is 0 Å². The lowest BCUT2D eigenvalue weighted by atomic mass is 10.1. The third-order valence-corrected chi connectivity index (χ3v) is 9.13. The molecule has 0 amide bonds. The maximum atomic E-state index is 13.3. The van der Waals surface area contributed by atoms with Crippen LogP contribution in [0.4, 0.5) is 4.39 Å². The van der Waals surface area contributed by atoms with Gasteiger partial charge in [0.05, 0.1) is 0 Å². The van der Waals surface area contributed by atoms with E-state index in [-0.39, 0.29) is 10.9 Å². The zero-order valence-corrected chi connectivity index (χ0v) is 14.7. The van der Waals surface area contributed by atoms with Gasteiger partial charge in [0.15, 0.2) is 8.32 Å². The second kappa shape index (κ2) is 5.93. The van der Waals surface area contributed by atoms with Crippen LogP contribution in [0, 0.1) is 5.82 Å². The molecule has 21 heavy (non-hydrogen) atoms. The molecule has 0 saturated carbocycles. The summed E-state index contributed by atoms with van der Waals surface area (Å²) in [5, 5.41) is 1.24. The highest BCUT2D eigenvalue weighted by molar-refractivity contribution is 6.74. The van der Waals surface area contributed by atoms with Crippen LogP contribution in [0.2, 0.25) is 18.1 Å². The van der Waals surface area contributed by atoms with Crippen LogP contribution in [0.1, 0.15) is 32.8 Å². The minimum atomic E-state index is -1.66. The van der Waals surface area contributed by atoms with Crippen LogP contribution in [-0.4, -0.2) is 19.9 Å². The fourth-order valence-corrected chi connectivity index (χ4v) is 3.25. The van der Waals surface area contributed by atoms with Gasteiger partial charge in [-0.15, -0.1) is 0 Å². The zero-order chi connectivity index (χ0) is 15.7. The van der Waals surface area contributed by atoms with E-state index in [0.717, 1.165) is 30.4 Å². The van der Waals surface area contributed by atoms with Crippen molar-refractivity contribution in [3.8, 4) is 0 Å². The van der Waals surface area contributed by atoms with Crippen molar-refractivity contribution >= 4 is 19.2 Å². The fourth-order valence-electron chi connectivity index (χ4n) is 2.16. The molecule has 0 aliphatic rings. The molecule has 0 unspecified atom stereocenters. The predicted octanol–water partition coefficient (Wildman–Crippen LogP) is 5.26. The number of H-pyrrole nitrogens is 1. The van der Waals surface area contributed by atoms with Gasteiger partial charge in [-0.2, -0.15) is 0 Å². The molecule has 0 radical (unpaired) electrons. The SMILES string of the molecule is CC(C)(C)[Si](C)(C)OCCCc1c[nH]c2ccc(F)cc12. The normalized spacial score (nSPS) is 13.0. The molecule has 2 rings (SSSR count). The van der Waals surface area contributed by atoms with Gasteiger partial charge in [0.2, 0.25) is 0 Å². The maximum Gasteiger partial charge on any atom is 0.191 e. The van der Waals surface area contributed by atoms with Gasteiger partial charge in [-0.25, -0.2) is 4.39 Å². The number of aryl methyl sites for hydroxylation is 1. The summed E-state index contributed by atoms with van der Waals surface area (Å²) in [4.78, 5) is 3.20. The molecule has 0 saturated heterocycles. The average molecular weight is 307 g/mol. The number of hydrogen-bond acceptors (Lipinski definition) is 1. The van der Waals surface area contributed by atoms with Crippen LogP contribution >= 0.6 is 0 Å². The van der Waals surface area contributed by atoms with E-state index in [9.17, 15) is 4.39 Å². The van der Waals surface area contributed by atoms with Crippen LogP contribution < -0.4 is 0 Å². The molecule has 1 aromatic carbocycles. The number of nitrogens with one attached hydrogen (secondary N) is 1. The van der Waals surface area contributed by atoms with Gasteiger partial charge in [-0.3, -0.25) is 0 Å². The predicted molar refractivity (Wildman–Crippen MR) is 89.7 cm³/mol. The molecule has 1 aromatic heterocycles. The molecule has 0 fully saturated rings. The second-order valence-corrected chi connectivity index (χ2v) is 12.0. The molecule has 0 aliphatic heterocycles. The van der Waals surface area contributed by atoms with E-state index in [1.807, 2.05) is 6.20 Å². The first-order valence-corrected chi connectivity index (χ1v) is 10.5. The lowest BCUT2D eigenvalue weighted by Crippen LogP contribution is -2.41. The average Bonchev–Trinajstić information content (AvgIpc) is 2.76. The number of halogens is 1. The van der Waals surface area contributed by atoms with Gasteiger partial charge in [-0.05, 0) is 54.7 Å². The number of rotatable bonds is 5. The Morgan fingerprint density at radius 2 is 1.95 bits per heavy atom. The summed E-state index contributed by atoms with van der Waals surface area (Å²) in [6.45, 7) is 12.1. The second-order valence-electron chi connectivity index (χ2n) is 7.22. The number of benzene rings is 1. The Balaban J connectivity index is 1.93. The first-order valence-electron chi connectivity index (χ1n) is 7.60. The van der Waals surface area contributed by atoms with Crippen molar-refractivity contribution in [1.29, 1.82) is 0 Å². The smallest absolute Gasteiger partial charge is 0.191 e. The van der Waals surface area contributed by atoms with Crippen LogP contribution in [0.25, 0.3) is 10.9 Å². The Morgan fingerprint density at radius 1 is 1.24 bits per heavy atom. The summed E-state index contributed by atoms with van der Waals surface area (Å²) in [6.07, 6.45) is 3.87. The molecule has 116 valence electrons. The number of aromatic amines is 1. The van der Waals surface area contributed by atoms with Crippen molar-refractivity contribution in [1.82, 2.24) is 4.98 Å². The standard InChI is InChI=1S/C17H26FNOSi/c1-17(2,3)21(4,5)20-10-6-7-13-12-19-16-9-8-14(18)11-15(13)16/h8-9,11-12,19H,6-7,10H2,1-5H3. The first-order chi connectivity index (χ1) is 9.71. The molecule has 2 aromatic rings. The highest BCUT2D eigenvalue weighted by Crippen LogP contribution is 2.36. The van der Waals surface area contributed by atoms with Crippen LogP contribution in [-0.2, 0) is 10.8 Å². The van der Waals surface area contributed by atoms with E-state index in [0.29, 0.717) is 0 Å². The fraction of sp³-hybridized carbons (Fsp3) is 0.529. The van der Waals surface area contributed by atoms with E-state index in [4.69, 9.17) is 4.43 Å². The number of aromatic nitrogens is 1. The van der Waals surface area contributed by atoms with Crippen molar-refractivity contribution in [3.05, 3.63) is 35.8 Å². The van der Waals surface area contributed by atoms with Gasteiger partial charge < -0.3 is 9.41 Å². The Labute approximate surface area is 127 Å². The molecular weight excluding hydrogens is 281 g/mol. The van der Waals surface area contributed by atoms with Crippen molar-refractivity contribution < 1.29 is 8.82 Å². The Morgan fingerprint density at radius 3 is 2.62 bits per heavy atom. The molecule has 0 spiro atoms. The Bertz CT molecular complexity index is 613. The zero-order valence-electron chi connectivity index (χ0n) is 13.7. The molecule has 1 N–H and O–H groups in total. The molecule has 1 heterocycles. The Hall–Kier alpha value is -1.13. The summed E-state index contributed by atoms with van der Waals surface area (Å²) in [6, 6.07) is 4.89. The maximum absolute atomic E-state index is 13.3. The summed E-state index contributed by atoms with van der Waals surface area (Å²) < 4.78 is 19.5. The van der Waals surface area contributed by atoms with Crippen molar-refractivity contribution in [3.63, 3.8) is 0 Å². The highest BCUT2D eigenvalue weighted by Gasteiger charge is 2.36. The molecule has 0 aliphatic carbocycles. The largest absolute Gasteiger partial charge is 0.417 e. The van der Waals surface area contributed by atoms with Crippen molar-refractivity contribution in [2.75, 3.05) is 6.61 Å². The van der Waals surface area contributed by atoms with Gasteiger partial charge in [-0.1, -0.05) is 20.8 Å². The molecule has 2 nitrogen and oxygen atoms in total. The van der Waals surface area contributed by atoms with Gasteiger partial charge >= 0.3 is 0 Å². The lowest BCUT2D eigenvalue weighted by Gasteiger charge is -2.36. The van der Waals surface area contributed by atoms with Gasteiger partial charge in [0.1, 0.15) is 5.82 Å². The summed E-state index contributed by atoms with van der Waals surface area (Å²) in [7, 11) is -1.66. The summed E-state index contributed by atoms with van der Waals surface area (Å²) in [5.41, 5.74) is 2.17. The van der Waals surface area contributed by atoms with E-state index in [1.54, 1.807) is 12.1 Å². The Kier molecular flexibility index (Phi) is 4.59. The van der Waals surface area contributed by atoms with Crippen molar-refractivity contribution in [2.45, 2.75) is 51.7 Å². The topological polar surface area (TPSA) is 25.0 Å². The summed E-state index contributed by atoms with van der Waals surface area (Å²) >= 11 is 0. The van der Waals surface area contributed by atoms with E-state index in [1.165, 1.54) is 11.6 Å². The molecule has 4 heteroatoms. The minimum Gasteiger partial charge on any atom is -0.417 e. The van der Waals surface area contributed by atoms with E-state index < -0.39 is 8.32 Å². The van der Waals surface area contributed by atoms with Gasteiger partial charge in [0, 0.05) is 23.7 Å². The van der Waals surface area contributed by atoms with Crippen LogP contribution in [0.15, 0.2) is 24.4 Å². The van der Waals surface area contributed by atoms with Crippen LogP contribution in [0.3, 0.4) is 0 Å². The highest BCUT2D eigenvalue weighted by atomic mass is 28.4. The minimum absolute atomic E-state index is 0.180. The van der Waals surface area contributed by atoms with Crippen molar-refractivity contribution in [2.24, 2.45) is 0 Å². The quantitative estimate of drug-likeness (QED) is 0.591. The van der Waals surface area contributed by atoms with E-state index >= 15 is 0 Å². The number of hydrogen-bond donors (Lipinski definition) is 1. The molecule has 0 atom stereocenters.